The monoisotopic (exact) mass is 266 g/mol. The van der Waals surface area contributed by atoms with Crippen LogP contribution in [0.25, 0.3) is 0 Å². The zero-order valence-corrected chi connectivity index (χ0v) is 11.8. The highest BCUT2D eigenvalue weighted by atomic mass is 35.5. The lowest BCUT2D eigenvalue weighted by molar-refractivity contribution is -0.123. The van der Waals surface area contributed by atoms with Crippen molar-refractivity contribution in [3.63, 3.8) is 0 Å². The van der Waals surface area contributed by atoms with Crippen LogP contribution in [0.1, 0.15) is 25.8 Å². The zero-order valence-electron chi connectivity index (χ0n) is 11.1. The highest BCUT2D eigenvalue weighted by Gasteiger charge is 2.34. The van der Waals surface area contributed by atoms with E-state index in [0.29, 0.717) is 5.02 Å². The Balaban J connectivity index is 2.35. The van der Waals surface area contributed by atoms with E-state index < -0.39 is 5.54 Å². The summed E-state index contributed by atoms with van der Waals surface area (Å²) in [5.74, 6) is 0.0971. The van der Waals surface area contributed by atoms with Crippen LogP contribution in [0.3, 0.4) is 0 Å². The van der Waals surface area contributed by atoms with E-state index in [-0.39, 0.29) is 5.91 Å². The molecule has 0 bridgehead atoms. The van der Waals surface area contributed by atoms with E-state index in [1.54, 1.807) is 0 Å². The van der Waals surface area contributed by atoms with E-state index in [4.69, 9.17) is 11.6 Å². The van der Waals surface area contributed by atoms with Crippen LogP contribution in [-0.4, -0.2) is 24.5 Å². The van der Waals surface area contributed by atoms with Crippen molar-refractivity contribution in [3.05, 3.63) is 28.8 Å². The van der Waals surface area contributed by atoms with E-state index >= 15 is 0 Å². The van der Waals surface area contributed by atoms with Crippen LogP contribution >= 0.6 is 11.6 Å². The average molecular weight is 267 g/mol. The molecule has 1 saturated heterocycles. The van der Waals surface area contributed by atoms with Gasteiger partial charge in [0.05, 0.1) is 5.54 Å². The number of benzene rings is 1. The summed E-state index contributed by atoms with van der Waals surface area (Å²) in [6.07, 6.45) is 0.945. The minimum Gasteiger partial charge on any atom is -0.311 e. The smallest absolute Gasteiger partial charge is 0.246 e. The van der Waals surface area contributed by atoms with Gasteiger partial charge < -0.3 is 10.2 Å². The fourth-order valence-electron chi connectivity index (χ4n) is 2.15. The highest BCUT2D eigenvalue weighted by Crippen LogP contribution is 2.26. The van der Waals surface area contributed by atoms with Crippen molar-refractivity contribution < 1.29 is 4.79 Å². The molecule has 98 valence electrons. The summed E-state index contributed by atoms with van der Waals surface area (Å²) < 4.78 is 0. The molecule has 0 radical (unpaired) electrons. The average Bonchev–Trinajstić information content (AvgIpc) is 2.44. The number of carbonyl (C=O) groups is 1. The maximum Gasteiger partial charge on any atom is 0.246 e. The molecule has 1 fully saturated rings. The second-order valence-corrected chi connectivity index (χ2v) is 5.70. The number of nitrogens with one attached hydrogen (secondary N) is 1. The van der Waals surface area contributed by atoms with Crippen molar-refractivity contribution in [1.29, 1.82) is 0 Å². The molecule has 1 N–H and O–H groups in total. The van der Waals surface area contributed by atoms with Crippen molar-refractivity contribution in [2.75, 3.05) is 18.0 Å². The van der Waals surface area contributed by atoms with Crippen LogP contribution in [0.5, 0.6) is 0 Å². The third kappa shape index (κ3) is 2.52. The van der Waals surface area contributed by atoms with Gasteiger partial charge in [0.1, 0.15) is 0 Å². The molecule has 1 heterocycles. The second-order valence-electron chi connectivity index (χ2n) is 5.30. The number of rotatable bonds is 1. The molecule has 0 atom stereocenters. The molecule has 0 saturated carbocycles. The molecule has 0 aromatic heterocycles. The molecule has 0 spiro atoms. The standard InChI is InChI=1S/C14H19ClN2O/c1-10-5-6-11(9-12(10)15)17-8-4-7-16-14(2,3)13(17)18/h5-6,9,16H,4,7-8H2,1-3H3. The van der Waals surface area contributed by atoms with Gasteiger partial charge in [-0.1, -0.05) is 17.7 Å². The largest absolute Gasteiger partial charge is 0.311 e. The van der Waals surface area contributed by atoms with Crippen molar-refractivity contribution in [2.24, 2.45) is 0 Å². The maximum atomic E-state index is 12.5. The number of carbonyl (C=O) groups excluding carboxylic acids is 1. The highest BCUT2D eigenvalue weighted by molar-refractivity contribution is 6.31. The Morgan fingerprint density at radius 2 is 2.11 bits per heavy atom. The van der Waals surface area contributed by atoms with Crippen molar-refractivity contribution in [2.45, 2.75) is 32.7 Å². The molecular weight excluding hydrogens is 248 g/mol. The molecular formula is C14H19ClN2O. The molecule has 0 aliphatic carbocycles. The third-order valence-electron chi connectivity index (χ3n) is 3.37. The van der Waals surface area contributed by atoms with E-state index in [0.717, 1.165) is 30.8 Å². The number of nitrogens with zero attached hydrogens (tertiary/aromatic N) is 1. The van der Waals surface area contributed by atoms with Crippen LogP contribution in [0, 0.1) is 6.92 Å². The predicted octanol–water partition coefficient (Wildman–Crippen LogP) is 2.75. The predicted molar refractivity (Wildman–Crippen MR) is 75.2 cm³/mol. The van der Waals surface area contributed by atoms with Gasteiger partial charge in [0.2, 0.25) is 5.91 Å². The van der Waals surface area contributed by atoms with Crippen LogP contribution in [0.4, 0.5) is 5.69 Å². The van der Waals surface area contributed by atoms with Crippen LogP contribution in [0.2, 0.25) is 5.02 Å². The number of amides is 1. The third-order valence-corrected chi connectivity index (χ3v) is 3.78. The van der Waals surface area contributed by atoms with Crippen LogP contribution < -0.4 is 10.2 Å². The van der Waals surface area contributed by atoms with Crippen molar-refractivity contribution >= 4 is 23.2 Å². The van der Waals surface area contributed by atoms with E-state index in [1.165, 1.54) is 0 Å². The molecule has 1 aliphatic heterocycles. The fraction of sp³-hybridized carbons (Fsp3) is 0.500. The molecule has 2 rings (SSSR count). The quantitative estimate of drug-likeness (QED) is 0.848. The van der Waals surface area contributed by atoms with Gasteiger partial charge in [-0.3, -0.25) is 4.79 Å². The van der Waals surface area contributed by atoms with Gasteiger partial charge in [-0.15, -0.1) is 0 Å². The van der Waals surface area contributed by atoms with Crippen LogP contribution in [-0.2, 0) is 4.79 Å². The van der Waals surface area contributed by atoms with Gasteiger partial charge in [-0.25, -0.2) is 0 Å². The number of hydrogen-bond acceptors (Lipinski definition) is 2. The Hall–Kier alpha value is -1.06. The summed E-state index contributed by atoms with van der Waals surface area (Å²) in [5.41, 5.74) is 1.39. The van der Waals surface area contributed by atoms with Crippen LogP contribution in [0.15, 0.2) is 18.2 Å². The van der Waals surface area contributed by atoms with Gasteiger partial charge >= 0.3 is 0 Å². The van der Waals surface area contributed by atoms with Crippen molar-refractivity contribution in [1.82, 2.24) is 5.32 Å². The Kier molecular flexibility index (Phi) is 3.64. The number of hydrogen-bond donors (Lipinski definition) is 1. The summed E-state index contributed by atoms with van der Waals surface area (Å²) >= 11 is 6.14. The SMILES string of the molecule is Cc1ccc(N2CCCNC(C)(C)C2=O)cc1Cl. The molecule has 3 nitrogen and oxygen atoms in total. The Bertz CT molecular complexity index is 471. The minimum absolute atomic E-state index is 0.0971. The summed E-state index contributed by atoms with van der Waals surface area (Å²) in [6.45, 7) is 7.39. The maximum absolute atomic E-state index is 12.5. The molecule has 18 heavy (non-hydrogen) atoms. The lowest BCUT2D eigenvalue weighted by Crippen LogP contribution is -2.51. The Labute approximate surface area is 113 Å². The van der Waals surface area contributed by atoms with Gasteiger partial charge in [0.25, 0.3) is 0 Å². The lowest BCUT2D eigenvalue weighted by atomic mass is 10.0. The Morgan fingerprint density at radius 1 is 1.39 bits per heavy atom. The summed E-state index contributed by atoms with van der Waals surface area (Å²) in [5, 5.41) is 3.98. The summed E-state index contributed by atoms with van der Waals surface area (Å²) in [4.78, 5) is 14.3. The molecule has 1 amide bonds. The van der Waals surface area contributed by atoms with Crippen molar-refractivity contribution in [3.8, 4) is 0 Å². The van der Waals surface area contributed by atoms with Gasteiger partial charge in [-0.2, -0.15) is 0 Å². The second kappa shape index (κ2) is 4.90. The first-order valence-corrected chi connectivity index (χ1v) is 6.63. The lowest BCUT2D eigenvalue weighted by Gasteiger charge is -2.29. The zero-order chi connectivity index (χ0) is 13.3. The topological polar surface area (TPSA) is 32.3 Å². The number of anilines is 1. The first-order chi connectivity index (χ1) is 8.42. The van der Waals surface area contributed by atoms with E-state index in [2.05, 4.69) is 5.32 Å². The van der Waals surface area contributed by atoms with Gasteiger partial charge in [0, 0.05) is 17.3 Å². The molecule has 1 aliphatic rings. The fourth-order valence-corrected chi connectivity index (χ4v) is 2.32. The molecule has 1 aromatic rings. The molecule has 4 heteroatoms. The molecule has 1 aromatic carbocycles. The number of halogens is 1. The van der Waals surface area contributed by atoms with Gasteiger partial charge in [0.15, 0.2) is 0 Å². The number of aryl methyl sites for hydroxylation is 1. The summed E-state index contributed by atoms with van der Waals surface area (Å²) in [7, 11) is 0. The normalized spacial score (nSPS) is 19.8. The van der Waals surface area contributed by atoms with E-state index in [9.17, 15) is 4.79 Å². The Morgan fingerprint density at radius 3 is 2.78 bits per heavy atom. The first kappa shape index (κ1) is 13.4. The van der Waals surface area contributed by atoms with Gasteiger partial charge in [-0.05, 0) is 51.4 Å². The minimum atomic E-state index is -0.520. The summed E-state index contributed by atoms with van der Waals surface area (Å²) in [6, 6.07) is 5.78. The first-order valence-electron chi connectivity index (χ1n) is 6.25. The van der Waals surface area contributed by atoms with E-state index in [1.807, 2.05) is 43.9 Å². The molecule has 0 unspecified atom stereocenters.